The Hall–Kier alpha value is -2.98. The van der Waals surface area contributed by atoms with Gasteiger partial charge in [-0.1, -0.05) is 15.9 Å². The fourth-order valence-electron chi connectivity index (χ4n) is 3.59. The Kier molecular flexibility index (Phi) is 7.38. The van der Waals surface area contributed by atoms with Crippen LogP contribution in [0.3, 0.4) is 0 Å². The van der Waals surface area contributed by atoms with Gasteiger partial charge in [0.1, 0.15) is 17.2 Å². The summed E-state index contributed by atoms with van der Waals surface area (Å²) in [6.07, 6.45) is 0. The van der Waals surface area contributed by atoms with Crippen molar-refractivity contribution in [1.29, 1.82) is 0 Å². The summed E-state index contributed by atoms with van der Waals surface area (Å²) in [5.41, 5.74) is 0.857. The molecule has 1 amide bonds. The summed E-state index contributed by atoms with van der Waals surface area (Å²) in [4.78, 5) is 38.7. The second kappa shape index (κ2) is 9.88. The van der Waals surface area contributed by atoms with Gasteiger partial charge in [0.05, 0.1) is 4.92 Å². The number of hydrogen-bond acceptors (Lipinski definition) is 7. The number of aryl methyl sites for hydroxylation is 1. The molecule has 2 aromatic rings. The van der Waals surface area contributed by atoms with Crippen molar-refractivity contribution in [3.8, 4) is 0 Å². The number of nitro groups is 1. The summed E-state index contributed by atoms with van der Waals surface area (Å²) in [5, 5.41) is 17.6. The largest absolute Gasteiger partial charge is 0.458 e. The van der Waals surface area contributed by atoms with Crippen molar-refractivity contribution in [3.05, 3.63) is 62.1 Å². The summed E-state index contributed by atoms with van der Waals surface area (Å²) in [5.74, 6) is -0.998. The van der Waals surface area contributed by atoms with Crippen molar-refractivity contribution in [2.24, 2.45) is 0 Å². The van der Waals surface area contributed by atoms with E-state index >= 15 is 0 Å². The summed E-state index contributed by atoms with van der Waals surface area (Å²) >= 11 is 3.38. The van der Waals surface area contributed by atoms with E-state index < -0.39 is 28.4 Å². The molecule has 0 aliphatic carbocycles. The summed E-state index contributed by atoms with van der Waals surface area (Å²) in [6.45, 7) is 8.69. The number of carbonyl (C=O) groups excluding carboxylic acids is 2. The molecule has 176 valence electrons. The molecule has 0 bridgehead atoms. The van der Waals surface area contributed by atoms with Crippen molar-refractivity contribution in [2.75, 3.05) is 29.9 Å². The van der Waals surface area contributed by atoms with Gasteiger partial charge in [0.15, 0.2) is 0 Å². The Labute approximate surface area is 200 Å². The Balaban J connectivity index is 1.95. The molecule has 1 unspecified atom stereocenters. The van der Waals surface area contributed by atoms with E-state index in [0.29, 0.717) is 31.0 Å². The van der Waals surface area contributed by atoms with Crippen LogP contribution in [0.15, 0.2) is 40.9 Å². The highest BCUT2D eigenvalue weighted by Crippen LogP contribution is 2.29. The number of hydrogen-bond donors (Lipinski definition) is 2. The van der Waals surface area contributed by atoms with Gasteiger partial charge in [-0.3, -0.25) is 14.9 Å². The van der Waals surface area contributed by atoms with E-state index in [1.807, 2.05) is 17.9 Å². The second-order valence-corrected chi connectivity index (χ2v) is 9.73. The third kappa shape index (κ3) is 6.08. The first-order valence-electron chi connectivity index (χ1n) is 10.5. The highest BCUT2D eigenvalue weighted by atomic mass is 79.9. The third-order valence-corrected chi connectivity index (χ3v) is 5.61. The highest BCUT2D eigenvalue weighted by Gasteiger charge is 2.34. The van der Waals surface area contributed by atoms with Crippen molar-refractivity contribution in [1.82, 2.24) is 5.32 Å². The molecule has 10 heteroatoms. The van der Waals surface area contributed by atoms with Gasteiger partial charge in [0, 0.05) is 41.5 Å². The molecule has 1 aliphatic rings. The lowest BCUT2D eigenvalue weighted by Crippen LogP contribution is -2.56. The lowest BCUT2D eigenvalue weighted by molar-refractivity contribution is -0.385. The normalized spacial score (nSPS) is 16.3. The number of amides is 1. The predicted octanol–water partition coefficient (Wildman–Crippen LogP) is 4.04. The highest BCUT2D eigenvalue weighted by molar-refractivity contribution is 9.10. The third-order valence-electron chi connectivity index (χ3n) is 5.11. The first-order chi connectivity index (χ1) is 15.5. The van der Waals surface area contributed by atoms with Crippen molar-refractivity contribution in [3.63, 3.8) is 0 Å². The SMILES string of the molecule is Cc1cc(Br)ccc1NC(=O)c1cc(N2CCNCC2C(=O)OC(C)(C)C)ccc1[N+](=O)[O-]. The maximum absolute atomic E-state index is 13.1. The van der Waals surface area contributed by atoms with E-state index in [1.165, 1.54) is 12.1 Å². The van der Waals surface area contributed by atoms with Crippen LogP contribution in [0.5, 0.6) is 0 Å². The average Bonchev–Trinajstić information content (AvgIpc) is 2.74. The summed E-state index contributed by atoms with van der Waals surface area (Å²) < 4.78 is 6.42. The zero-order valence-electron chi connectivity index (χ0n) is 19.0. The van der Waals surface area contributed by atoms with E-state index in [-0.39, 0.29) is 11.3 Å². The zero-order valence-corrected chi connectivity index (χ0v) is 20.6. The Morgan fingerprint density at radius 2 is 1.97 bits per heavy atom. The molecule has 2 N–H and O–H groups in total. The minimum atomic E-state index is -0.650. The van der Waals surface area contributed by atoms with Crippen LogP contribution >= 0.6 is 15.9 Å². The number of carbonyl (C=O) groups is 2. The number of halogens is 1. The number of nitrogens with one attached hydrogen (secondary N) is 2. The van der Waals surface area contributed by atoms with Crippen LogP contribution in [-0.2, 0) is 9.53 Å². The maximum atomic E-state index is 13.1. The summed E-state index contributed by atoms with van der Waals surface area (Å²) in [6, 6.07) is 9.04. The Morgan fingerprint density at radius 1 is 1.24 bits per heavy atom. The Morgan fingerprint density at radius 3 is 2.61 bits per heavy atom. The number of anilines is 2. The van der Waals surface area contributed by atoms with Crippen molar-refractivity contribution < 1.29 is 19.2 Å². The van der Waals surface area contributed by atoms with Crippen LogP contribution < -0.4 is 15.5 Å². The maximum Gasteiger partial charge on any atom is 0.330 e. The average molecular weight is 519 g/mol. The number of nitrogens with zero attached hydrogens (tertiary/aromatic N) is 2. The van der Waals surface area contributed by atoms with Gasteiger partial charge in [0.2, 0.25) is 0 Å². The fourth-order valence-corrected chi connectivity index (χ4v) is 4.07. The van der Waals surface area contributed by atoms with Crippen LogP contribution in [0.25, 0.3) is 0 Å². The lowest BCUT2D eigenvalue weighted by Gasteiger charge is -2.37. The van der Waals surface area contributed by atoms with Crippen molar-refractivity contribution >= 4 is 44.9 Å². The molecular formula is C23H27BrN4O5. The smallest absolute Gasteiger partial charge is 0.330 e. The molecule has 1 saturated heterocycles. The van der Waals surface area contributed by atoms with E-state index in [1.54, 1.807) is 39.0 Å². The number of nitro benzene ring substituents is 1. The molecule has 2 aromatic carbocycles. The molecule has 1 fully saturated rings. The monoisotopic (exact) mass is 518 g/mol. The number of esters is 1. The molecule has 1 heterocycles. The predicted molar refractivity (Wildman–Crippen MR) is 130 cm³/mol. The van der Waals surface area contributed by atoms with Gasteiger partial charge in [-0.15, -0.1) is 0 Å². The molecular weight excluding hydrogens is 492 g/mol. The quantitative estimate of drug-likeness (QED) is 0.348. The fraction of sp³-hybridized carbons (Fsp3) is 0.391. The standard InChI is InChI=1S/C23H27BrN4O5/c1-14-11-15(24)5-7-18(14)26-21(29)17-12-16(6-8-19(17)28(31)32)27-10-9-25-13-20(27)22(30)33-23(2,3)4/h5-8,11-12,20,25H,9-10,13H2,1-4H3,(H,26,29). The molecule has 9 nitrogen and oxygen atoms in total. The minimum Gasteiger partial charge on any atom is -0.458 e. The van der Waals surface area contributed by atoms with Crippen molar-refractivity contribution in [2.45, 2.75) is 39.3 Å². The summed E-state index contributed by atoms with van der Waals surface area (Å²) in [7, 11) is 0. The van der Waals surface area contributed by atoms with Gasteiger partial charge in [-0.05, 0) is 63.6 Å². The first-order valence-corrected chi connectivity index (χ1v) is 11.3. The van der Waals surface area contributed by atoms with Gasteiger partial charge < -0.3 is 20.3 Å². The van der Waals surface area contributed by atoms with Gasteiger partial charge >= 0.3 is 5.97 Å². The topological polar surface area (TPSA) is 114 Å². The molecule has 1 atom stereocenters. The van der Waals surface area contributed by atoms with Gasteiger partial charge in [-0.25, -0.2) is 4.79 Å². The molecule has 0 spiro atoms. The van der Waals surface area contributed by atoms with Crippen LogP contribution in [0, 0.1) is 17.0 Å². The number of benzene rings is 2. The molecule has 0 saturated carbocycles. The number of rotatable bonds is 5. The van der Waals surface area contributed by atoms with Gasteiger partial charge in [-0.2, -0.15) is 0 Å². The van der Waals surface area contributed by atoms with Crippen LogP contribution in [0.4, 0.5) is 17.1 Å². The van der Waals surface area contributed by atoms with Gasteiger partial charge in [0.25, 0.3) is 11.6 Å². The number of piperazine rings is 1. The van der Waals surface area contributed by atoms with Crippen LogP contribution in [0.2, 0.25) is 0 Å². The van der Waals surface area contributed by atoms with E-state index in [9.17, 15) is 19.7 Å². The molecule has 3 rings (SSSR count). The molecule has 0 aromatic heterocycles. The number of ether oxygens (including phenoxy) is 1. The van der Waals surface area contributed by atoms with Crippen LogP contribution in [0.1, 0.15) is 36.7 Å². The molecule has 1 aliphatic heterocycles. The van der Waals surface area contributed by atoms with Crippen LogP contribution in [-0.4, -0.2) is 48.1 Å². The van der Waals surface area contributed by atoms with E-state index in [2.05, 4.69) is 26.6 Å². The van der Waals surface area contributed by atoms with E-state index in [0.717, 1.165) is 10.0 Å². The first kappa shape index (κ1) is 24.7. The second-order valence-electron chi connectivity index (χ2n) is 8.82. The Bertz CT molecular complexity index is 1080. The zero-order chi connectivity index (χ0) is 24.3. The molecule has 0 radical (unpaired) electrons. The van der Waals surface area contributed by atoms with E-state index in [4.69, 9.17) is 4.74 Å². The lowest BCUT2D eigenvalue weighted by atomic mass is 10.1. The molecule has 33 heavy (non-hydrogen) atoms. The minimum absolute atomic E-state index is 0.0821.